The Hall–Kier alpha value is -1.68. The van der Waals surface area contributed by atoms with Gasteiger partial charge in [-0.2, -0.15) is 0 Å². The lowest BCUT2D eigenvalue weighted by Gasteiger charge is -2.18. The van der Waals surface area contributed by atoms with Gasteiger partial charge < -0.3 is 5.11 Å². The van der Waals surface area contributed by atoms with Gasteiger partial charge in [0.1, 0.15) is 5.60 Å². The van der Waals surface area contributed by atoms with Crippen molar-refractivity contribution in [1.82, 2.24) is 15.0 Å². The van der Waals surface area contributed by atoms with Crippen LogP contribution in [-0.4, -0.2) is 20.1 Å². The number of rotatable bonds is 2. The third-order valence-corrected chi connectivity index (χ3v) is 2.42. The highest BCUT2D eigenvalue weighted by Crippen LogP contribution is 2.21. The van der Waals surface area contributed by atoms with Gasteiger partial charge in [0.05, 0.1) is 17.6 Å². The second-order valence-electron chi connectivity index (χ2n) is 4.43. The zero-order chi connectivity index (χ0) is 11.8. The Labute approximate surface area is 94.5 Å². The van der Waals surface area contributed by atoms with Crippen LogP contribution in [0.25, 0.3) is 5.69 Å². The van der Waals surface area contributed by atoms with Crippen LogP contribution >= 0.6 is 0 Å². The first kappa shape index (κ1) is 10.8. The van der Waals surface area contributed by atoms with Crippen molar-refractivity contribution in [3.8, 4) is 5.69 Å². The van der Waals surface area contributed by atoms with Crippen molar-refractivity contribution in [3.05, 3.63) is 41.7 Å². The molecule has 1 N–H and O–H groups in total. The van der Waals surface area contributed by atoms with Crippen LogP contribution in [0.3, 0.4) is 0 Å². The summed E-state index contributed by atoms with van der Waals surface area (Å²) in [6.45, 7) is 5.46. The fraction of sp³-hybridized carbons (Fsp3) is 0.333. The van der Waals surface area contributed by atoms with Gasteiger partial charge in [-0.3, -0.25) is 0 Å². The number of aryl methyl sites for hydroxylation is 1. The molecule has 16 heavy (non-hydrogen) atoms. The van der Waals surface area contributed by atoms with Gasteiger partial charge in [0.15, 0.2) is 0 Å². The quantitative estimate of drug-likeness (QED) is 0.834. The molecule has 0 saturated heterocycles. The minimum Gasteiger partial charge on any atom is -0.384 e. The second-order valence-corrected chi connectivity index (χ2v) is 4.43. The molecule has 0 spiro atoms. The highest BCUT2D eigenvalue weighted by molar-refractivity contribution is 5.36. The Morgan fingerprint density at radius 1 is 1.31 bits per heavy atom. The highest BCUT2D eigenvalue weighted by atomic mass is 16.3. The number of aromatic nitrogens is 3. The van der Waals surface area contributed by atoms with Crippen LogP contribution in [0.5, 0.6) is 0 Å². The summed E-state index contributed by atoms with van der Waals surface area (Å²) in [5.41, 5.74) is 1.79. The monoisotopic (exact) mass is 217 g/mol. The maximum Gasteiger partial charge on any atom is 0.103 e. The number of benzene rings is 1. The van der Waals surface area contributed by atoms with Gasteiger partial charge in [0.25, 0.3) is 0 Å². The average Bonchev–Trinajstić information content (AvgIpc) is 2.65. The third-order valence-electron chi connectivity index (χ3n) is 2.42. The number of hydrogen-bond acceptors (Lipinski definition) is 3. The lowest BCUT2D eigenvalue weighted by Crippen LogP contribution is -2.20. The molecule has 1 aromatic carbocycles. The summed E-state index contributed by atoms with van der Waals surface area (Å²) in [7, 11) is 0. The minimum absolute atomic E-state index is 0.679. The van der Waals surface area contributed by atoms with Crippen LogP contribution in [0, 0.1) is 6.92 Å². The molecule has 0 radical (unpaired) electrons. The van der Waals surface area contributed by atoms with Gasteiger partial charge in [0.2, 0.25) is 0 Å². The third kappa shape index (κ3) is 1.97. The van der Waals surface area contributed by atoms with Crippen LogP contribution < -0.4 is 0 Å². The van der Waals surface area contributed by atoms with Crippen molar-refractivity contribution < 1.29 is 5.11 Å². The zero-order valence-electron chi connectivity index (χ0n) is 9.68. The summed E-state index contributed by atoms with van der Waals surface area (Å²) in [5.74, 6) is 0. The van der Waals surface area contributed by atoms with Crippen molar-refractivity contribution in [2.75, 3.05) is 0 Å². The summed E-state index contributed by atoms with van der Waals surface area (Å²) in [6, 6.07) is 7.92. The molecule has 0 amide bonds. The zero-order valence-corrected chi connectivity index (χ0v) is 9.68. The van der Waals surface area contributed by atoms with Gasteiger partial charge in [0, 0.05) is 0 Å². The van der Waals surface area contributed by atoms with E-state index in [1.54, 1.807) is 24.7 Å². The molecule has 2 aromatic rings. The summed E-state index contributed by atoms with van der Waals surface area (Å²) < 4.78 is 1.66. The van der Waals surface area contributed by atoms with Gasteiger partial charge in [-0.05, 0) is 38.5 Å². The number of hydrogen-bond donors (Lipinski definition) is 1. The van der Waals surface area contributed by atoms with Gasteiger partial charge >= 0.3 is 0 Å². The van der Waals surface area contributed by atoms with Crippen LogP contribution in [-0.2, 0) is 5.60 Å². The Morgan fingerprint density at radius 2 is 2.06 bits per heavy atom. The first-order chi connectivity index (χ1) is 7.48. The molecule has 4 heteroatoms. The van der Waals surface area contributed by atoms with Crippen LogP contribution in [0.2, 0.25) is 0 Å². The van der Waals surface area contributed by atoms with E-state index < -0.39 is 5.60 Å². The molecule has 2 rings (SSSR count). The van der Waals surface area contributed by atoms with Gasteiger partial charge in [-0.1, -0.05) is 17.3 Å². The topological polar surface area (TPSA) is 50.9 Å². The number of aliphatic hydroxyl groups is 1. The van der Waals surface area contributed by atoms with Crippen LogP contribution in [0.15, 0.2) is 30.5 Å². The van der Waals surface area contributed by atoms with E-state index >= 15 is 0 Å². The van der Waals surface area contributed by atoms with E-state index in [0.29, 0.717) is 5.69 Å². The molecule has 1 heterocycles. The molecule has 0 aliphatic carbocycles. The molecule has 84 valence electrons. The summed E-state index contributed by atoms with van der Waals surface area (Å²) >= 11 is 0. The fourth-order valence-corrected chi connectivity index (χ4v) is 1.60. The maximum atomic E-state index is 9.99. The van der Waals surface area contributed by atoms with E-state index in [0.717, 1.165) is 11.3 Å². The molecule has 0 aliphatic heterocycles. The van der Waals surface area contributed by atoms with E-state index in [9.17, 15) is 5.11 Å². The summed E-state index contributed by atoms with van der Waals surface area (Å²) in [6.07, 6.45) is 1.59. The second kappa shape index (κ2) is 3.72. The molecule has 1 aromatic heterocycles. The highest BCUT2D eigenvalue weighted by Gasteiger charge is 2.22. The molecular weight excluding hydrogens is 202 g/mol. The average molecular weight is 217 g/mol. The van der Waals surface area contributed by atoms with E-state index in [1.165, 1.54) is 0 Å². The lowest BCUT2D eigenvalue weighted by atomic mass is 10.1. The van der Waals surface area contributed by atoms with E-state index in [2.05, 4.69) is 10.3 Å². The van der Waals surface area contributed by atoms with Crippen molar-refractivity contribution >= 4 is 0 Å². The van der Waals surface area contributed by atoms with Gasteiger partial charge in [-0.25, -0.2) is 4.68 Å². The molecular formula is C12H15N3O. The fourth-order valence-electron chi connectivity index (χ4n) is 1.60. The Balaban J connectivity index is 2.53. The van der Waals surface area contributed by atoms with Gasteiger partial charge in [-0.15, -0.1) is 5.10 Å². The first-order valence-electron chi connectivity index (χ1n) is 5.19. The van der Waals surface area contributed by atoms with Crippen molar-refractivity contribution in [2.45, 2.75) is 26.4 Å². The SMILES string of the molecule is Cc1cccc(-n2nncc2C(C)(C)O)c1. The molecule has 0 unspecified atom stereocenters. The molecule has 0 atom stereocenters. The van der Waals surface area contributed by atoms with Crippen molar-refractivity contribution in [1.29, 1.82) is 0 Å². The standard InChI is InChI=1S/C12H15N3O/c1-9-5-4-6-10(7-9)15-11(8-13-14-15)12(2,3)16/h4-8,16H,1-3H3. The predicted octanol–water partition coefficient (Wildman–Crippen LogP) is 1.80. The smallest absolute Gasteiger partial charge is 0.103 e. The van der Waals surface area contributed by atoms with E-state index in [4.69, 9.17) is 0 Å². The molecule has 0 bridgehead atoms. The number of nitrogens with zero attached hydrogens (tertiary/aromatic N) is 3. The summed E-state index contributed by atoms with van der Waals surface area (Å²) in [4.78, 5) is 0. The maximum absolute atomic E-state index is 9.99. The predicted molar refractivity (Wildman–Crippen MR) is 61.3 cm³/mol. The first-order valence-corrected chi connectivity index (χ1v) is 5.19. The lowest BCUT2D eigenvalue weighted by molar-refractivity contribution is 0.0711. The van der Waals surface area contributed by atoms with E-state index in [-0.39, 0.29) is 0 Å². The van der Waals surface area contributed by atoms with E-state index in [1.807, 2.05) is 31.2 Å². The molecule has 0 aliphatic rings. The summed E-state index contributed by atoms with van der Waals surface area (Å²) in [5, 5.41) is 17.8. The molecule has 0 fully saturated rings. The molecule has 4 nitrogen and oxygen atoms in total. The van der Waals surface area contributed by atoms with Crippen molar-refractivity contribution in [3.63, 3.8) is 0 Å². The Kier molecular flexibility index (Phi) is 2.52. The van der Waals surface area contributed by atoms with Crippen LogP contribution in [0.4, 0.5) is 0 Å². The van der Waals surface area contributed by atoms with Crippen LogP contribution in [0.1, 0.15) is 25.1 Å². The largest absolute Gasteiger partial charge is 0.384 e. The minimum atomic E-state index is -0.951. The Bertz CT molecular complexity index is 497. The normalized spacial score (nSPS) is 11.8. The Morgan fingerprint density at radius 3 is 2.69 bits per heavy atom. The van der Waals surface area contributed by atoms with Crippen molar-refractivity contribution in [2.24, 2.45) is 0 Å². The molecule has 0 saturated carbocycles.